The highest BCUT2D eigenvalue weighted by Gasteiger charge is 2.75. The van der Waals surface area contributed by atoms with Crippen LogP contribution >= 0.6 is 0 Å². The number of benzene rings is 2. The minimum absolute atomic E-state index is 0.0907. The van der Waals surface area contributed by atoms with Gasteiger partial charge >= 0.3 is 0 Å². The van der Waals surface area contributed by atoms with Crippen LogP contribution in [0.4, 0.5) is 0 Å². The van der Waals surface area contributed by atoms with Gasteiger partial charge in [-0.2, -0.15) is 5.26 Å². The van der Waals surface area contributed by atoms with Gasteiger partial charge < -0.3 is 4.74 Å². The standard InChI is InChI=1S/C18H15NO/c19-13-18-16(20-18)11-12-17(18,14-7-3-1-4-8-14)15-9-5-2-6-10-15/h1-10,16H,11-12H2. The van der Waals surface area contributed by atoms with Crippen molar-refractivity contribution in [3.63, 3.8) is 0 Å². The zero-order chi connectivity index (χ0) is 13.6. The van der Waals surface area contributed by atoms with E-state index in [0.717, 1.165) is 12.8 Å². The van der Waals surface area contributed by atoms with Crippen LogP contribution < -0.4 is 0 Å². The molecule has 1 saturated carbocycles. The highest BCUT2D eigenvalue weighted by molar-refractivity contribution is 5.52. The Hall–Kier alpha value is -2.11. The van der Waals surface area contributed by atoms with E-state index in [1.165, 1.54) is 11.1 Å². The minimum Gasteiger partial charge on any atom is -0.349 e. The SMILES string of the molecule is N#CC12OC1CCC2(c1ccccc1)c1ccccc1. The lowest BCUT2D eigenvalue weighted by Crippen LogP contribution is -2.40. The first-order valence-electron chi connectivity index (χ1n) is 7.04. The summed E-state index contributed by atoms with van der Waals surface area (Å²) in [5, 5.41) is 9.75. The van der Waals surface area contributed by atoms with Gasteiger partial charge in [-0.25, -0.2) is 0 Å². The van der Waals surface area contributed by atoms with Crippen molar-refractivity contribution in [1.82, 2.24) is 0 Å². The van der Waals surface area contributed by atoms with E-state index in [1.54, 1.807) is 0 Å². The number of hydrogen-bond acceptors (Lipinski definition) is 2. The molecule has 0 spiro atoms. The van der Waals surface area contributed by atoms with Crippen LogP contribution in [0.1, 0.15) is 24.0 Å². The number of epoxide rings is 1. The molecule has 1 aliphatic carbocycles. The second kappa shape index (κ2) is 3.94. The molecule has 0 radical (unpaired) electrons. The van der Waals surface area contributed by atoms with E-state index in [9.17, 15) is 5.26 Å². The molecular formula is C18H15NO. The zero-order valence-electron chi connectivity index (χ0n) is 11.1. The molecule has 0 aromatic heterocycles. The van der Waals surface area contributed by atoms with Crippen LogP contribution in [0, 0.1) is 11.3 Å². The third kappa shape index (κ3) is 1.26. The van der Waals surface area contributed by atoms with Crippen LogP contribution in [0.15, 0.2) is 60.7 Å². The molecule has 2 aliphatic rings. The van der Waals surface area contributed by atoms with Crippen molar-refractivity contribution in [3.8, 4) is 6.07 Å². The third-order valence-corrected chi connectivity index (χ3v) is 4.84. The molecule has 2 unspecified atom stereocenters. The van der Waals surface area contributed by atoms with Gasteiger partial charge in [0.05, 0.1) is 5.41 Å². The summed E-state index contributed by atoms with van der Waals surface area (Å²) in [6.07, 6.45) is 2.02. The lowest BCUT2D eigenvalue weighted by atomic mass is 9.67. The van der Waals surface area contributed by atoms with Crippen LogP contribution in [-0.4, -0.2) is 11.7 Å². The Kier molecular flexibility index (Phi) is 2.31. The fraction of sp³-hybridized carbons (Fsp3) is 0.278. The lowest BCUT2D eigenvalue weighted by Gasteiger charge is -2.34. The first-order valence-corrected chi connectivity index (χ1v) is 7.04. The second-order valence-corrected chi connectivity index (χ2v) is 5.63. The maximum absolute atomic E-state index is 9.75. The molecule has 2 fully saturated rings. The van der Waals surface area contributed by atoms with Crippen molar-refractivity contribution in [2.75, 3.05) is 0 Å². The van der Waals surface area contributed by atoms with Gasteiger partial charge in [0.15, 0.2) is 5.60 Å². The van der Waals surface area contributed by atoms with E-state index in [2.05, 4.69) is 30.3 Å². The molecule has 0 amide bonds. The molecule has 2 atom stereocenters. The predicted octanol–water partition coefficient (Wildman–Crippen LogP) is 3.43. The van der Waals surface area contributed by atoms with E-state index < -0.39 is 5.60 Å². The molecule has 2 aromatic rings. The fourth-order valence-corrected chi connectivity index (χ4v) is 3.88. The maximum Gasteiger partial charge on any atom is 0.194 e. The molecule has 98 valence electrons. The Morgan fingerprint density at radius 2 is 1.50 bits per heavy atom. The van der Waals surface area contributed by atoms with Crippen molar-refractivity contribution in [3.05, 3.63) is 71.8 Å². The van der Waals surface area contributed by atoms with Crippen molar-refractivity contribution in [2.24, 2.45) is 0 Å². The van der Waals surface area contributed by atoms with Crippen molar-refractivity contribution in [1.29, 1.82) is 5.26 Å². The third-order valence-electron chi connectivity index (χ3n) is 4.84. The highest BCUT2D eigenvalue weighted by Crippen LogP contribution is 2.64. The second-order valence-electron chi connectivity index (χ2n) is 5.63. The smallest absolute Gasteiger partial charge is 0.194 e. The Morgan fingerprint density at radius 1 is 0.950 bits per heavy atom. The van der Waals surface area contributed by atoms with Crippen molar-refractivity contribution < 1.29 is 4.74 Å². The number of rotatable bonds is 2. The van der Waals surface area contributed by atoms with E-state index in [0.29, 0.717) is 0 Å². The topological polar surface area (TPSA) is 36.3 Å². The molecular weight excluding hydrogens is 246 g/mol. The van der Waals surface area contributed by atoms with Crippen LogP contribution in [0.25, 0.3) is 0 Å². The number of ether oxygens (including phenoxy) is 1. The first-order chi connectivity index (χ1) is 9.83. The lowest BCUT2D eigenvalue weighted by molar-refractivity contribution is 0.218. The fourth-order valence-electron chi connectivity index (χ4n) is 3.88. The Labute approximate surface area is 118 Å². The zero-order valence-corrected chi connectivity index (χ0v) is 11.1. The molecule has 4 rings (SSSR count). The van der Waals surface area contributed by atoms with E-state index in [1.807, 2.05) is 36.4 Å². The van der Waals surface area contributed by atoms with E-state index in [4.69, 9.17) is 4.74 Å². The van der Waals surface area contributed by atoms with Crippen molar-refractivity contribution in [2.45, 2.75) is 30.0 Å². The quantitative estimate of drug-likeness (QED) is 0.776. The molecule has 2 heteroatoms. The summed E-state index contributed by atoms with van der Waals surface area (Å²) in [5.74, 6) is 0. The number of nitriles is 1. The summed E-state index contributed by atoms with van der Waals surface area (Å²) >= 11 is 0. The Morgan fingerprint density at radius 3 is 1.95 bits per heavy atom. The molecule has 1 heterocycles. The summed E-state index contributed by atoms with van der Waals surface area (Å²) < 4.78 is 5.85. The Bertz CT molecular complexity index is 634. The molecule has 2 nitrogen and oxygen atoms in total. The first kappa shape index (κ1) is 11.7. The van der Waals surface area contributed by atoms with Gasteiger partial charge in [0.25, 0.3) is 0 Å². The minimum atomic E-state index is -0.671. The monoisotopic (exact) mass is 261 g/mol. The normalized spacial score (nSPS) is 29.4. The summed E-state index contributed by atoms with van der Waals surface area (Å²) in [6.45, 7) is 0. The Balaban J connectivity index is 1.98. The van der Waals surface area contributed by atoms with Gasteiger partial charge in [-0.15, -0.1) is 0 Å². The molecule has 1 saturated heterocycles. The number of nitrogens with zero attached hydrogens (tertiary/aromatic N) is 1. The molecule has 20 heavy (non-hydrogen) atoms. The molecule has 0 N–H and O–H groups in total. The highest BCUT2D eigenvalue weighted by atomic mass is 16.6. The molecule has 0 bridgehead atoms. The predicted molar refractivity (Wildman–Crippen MR) is 76.1 cm³/mol. The van der Waals surface area contributed by atoms with Gasteiger partial charge in [-0.3, -0.25) is 0 Å². The number of hydrogen-bond donors (Lipinski definition) is 0. The van der Waals surface area contributed by atoms with E-state index in [-0.39, 0.29) is 11.5 Å². The largest absolute Gasteiger partial charge is 0.349 e. The maximum atomic E-state index is 9.75. The summed E-state index contributed by atoms with van der Waals surface area (Å²) in [4.78, 5) is 0. The summed E-state index contributed by atoms with van der Waals surface area (Å²) in [7, 11) is 0. The van der Waals surface area contributed by atoms with Gasteiger partial charge in [0, 0.05) is 0 Å². The van der Waals surface area contributed by atoms with Crippen LogP contribution in [0.5, 0.6) is 0 Å². The van der Waals surface area contributed by atoms with Gasteiger partial charge in [0.1, 0.15) is 12.2 Å². The van der Waals surface area contributed by atoms with Crippen molar-refractivity contribution >= 4 is 0 Å². The van der Waals surface area contributed by atoms with Crippen LogP contribution in [-0.2, 0) is 10.2 Å². The molecule has 2 aromatic carbocycles. The van der Waals surface area contributed by atoms with Crippen LogP contribution in [0.2, 0.25) is 0 Å². The van der Waals surface area contributed by atoms with Gasteiger partial charge in [-0.1, -0.05) is 60.7 Å². The van der Waals surface area contributed by atoms with E-state index >= 15 is 0 Å². The average Bonchev–Trinajstić information content (AvgIpc) is 3.17. The van der Waals surface area contributed by atoms with Gasteiger partial charge in [-0.05, 0) is 24.0 Å². The average molecular weight is 261 g/mol. The summed E-state index contributed by atoms with van der Waals surface area (Å²) in [6, 6.07) is 23.2. The van der Waals surface area contributed by atoms with Crippen LogP contribution in [0.3, 0.4) is 0 Å². The summed E-state index contributed by atoms with van der Waals surface area (Å²) in [5.41, 5.74) is 1.38. The molecule has 1 aliphatic heterocycles. The van der Waals surface area contributed by atoms with Gasteiger partial charge in [0.2, 0.25) is 0 Å². The number of fused-ring (bicyclic) bond motifs is 1.